The fourth-order valence-electron chi connectivity index (χ4n) is 1.63. The molecule has 5 heteroatoms. The van der Waals surface area contributed by atoms with Crippen molar-refractivity contribution in [1.29, 1.82) is 0 Å². The number of carbonyl (C=O) groups excluding carboxylic acids is 1. The molecule has 1 heterocycles. The van der Waals surface area contributed by atoms with E-state index in [9.17, 15) is 4.79 Å². The van der Waals surface area contributed by atoms with Crippen molar-refractivity contribution >= 4 is 23.2 Å². The first-order valence-electron chi connectivity index (χ1n) is 5.58. The van der Waals surface area contributed by atoms with E-state index in [-0.39, 0.29) is 12.3 Å². The number of hydrogen-bond donors (Lipinski definition) is 1. The van der Waals surface area contributed by atoms with Crippen LogP contribution >= 0.6 is 11.6 Å². The molecule has 0 aliphatic carbocycles. The highest BCUT2D eigenvalue weighted by molar-refractivity contribution is 6.31. The van der Waals surface area contributed by atoms with Crippen molar-refractivity contribution in [2.45, 2.75) is 13.3 Å². The number of amides is 1. The zero-order chi connectivity index (χ0) is 13.1. The first-order chi connectivity index (χ1) is 8.56. The molecule has 0 aliphatic rings. The normalized spacial score (nSPS) is 10.4. The van der Waals surface area contributed by atoms with E-state index < -0.39 is 0 Å². The summed E-state index contributed by atoms with van der Waals surface area (Å²) >= 11 is 5.90. The van der Waals surface area contributed by atoms with Gasteiger partial charge in [-0.15, -0.1) is 0 Å². The van der Waals surface area contributed by atoms with Crippen molar-refractivity contribution in [2.75, 3.05) is 5.32 Å². The van der Waals surface area contributed by atoms with Gasteiger partial charge in [-0.1, -0.05) is 17.7 Å². The van der Waals surface area contributed by atoms with Crippen molar-refractivity contribution in [3.8, 4) is 0 Å². The van der Waals surface area contributed by atoms with Crippen molar-refractivity contribution < 1.29 is 4.79 Å². The topological polar surface area (TPSA) is 46.9 Å². The molecule has 4 nitrogen and oxygen atoms in total. The largest absolute Gasteiger partial charge is 0.338 e. The van der Waals surface area contributed by atoms with Crippen LogP contribution in [0.3, 0.4) is 0 Å². The lowest BCUT2D eigenvalue weighted by Gasteiger charge is -2.08. The second-order valence-electron chi connectivity index (χ2n) is 4.14. The molecule has 0 saturated heterocycles. The minimum absolute atomic E-state index is 0.102. The van der Waals surface area contributed by atoms with Gasteiger partial charge in [-0.05, 0) is 24.6 Å². The maximum atomic E-state index is 11.9. The standard InChI is InChI=1S/C13H14ClN3O/c1-9-3-4-10(14)7-11(9)16-13(18)8-12-15-5-6-17(12)2/h3-7H,8H2,1-2H3,(H,16,18). The lowest BCUT2D eigenvalue weighted by Crippen LogP contribution is -2.17. The van der Waals surface area contributed by atoms with E-state index in [2.05, 4.69) is 10.3 Å². The number of imidazole rings is 1. The zero-order valence-corrected chi connectivity index (χ0v) is 11.0. The minimum atomic E-state index is -0.102. The Hall–Kier alpha value is -1.81. The summed E-state index contributed by atoms with van der Waals surface area (Å²) in [5.74, 6) is 0.627. The number of halogens is 1. The second kappa shape index (κ2) is 5.23. The van der Waals surface area contributed by atoms with Crippen molar-refractivity contribution in [3.63, 3.8) is 0 Å². The third kappa shape index (κ3) is 2.90. The van der Waals surface area contributed by atoms with Crippen molar-refractivity contribution in [1.82, 2.24) is 9.55 Å². The maximum Gasteiger partial charge on any atom is 0.231 e. The molecule has 1 N–H and O–H groups in total. The van der Waals surface area contributed by atoms with Crippen molar-refractivity contribution in [3.05, 3.63) is 47.0 Å². The third-order valence-corrected chi connectivity index (χ3v) is 2.95. The smallest absolute Gasteiger partial charge is 0.231 e. The van der Waals surface area contributed by atoms with Gasteiger partial charge < -0.3 is 9.88 Å². The number of benzene rings is 1. The minimum Gasteiger partial charge on any atom is -0.338 e. The molecular formula is C13H14ClN3O. The fraction of sp³-hybridized carbons (Fsp3) is 0.231. The van der Waals surface area contributed by atoms with Crippen LogP contribution in [0.5, 0.6) is 0 Å². The SMILES string of the molecule is Cc1ccc(Cl)cc1NC(=O)Cc1nccn1C. The predicted octanol–water partition coefficient (Wildman–Crippen LogP) is 2.56. The van der Waals surface area contributed by atoms with Gasteiger partial charge in [0, 0.05) is 30.2 Å². The van der Waals surface area contributed by atoms with E-state index in [1.807, 2.05) is 30.8 Å². The number of nitrogens with zero attached hydrogens (tertiary/aromatic N) is 2. The van der Waals surface area contributed by atoms with E-state index in [1.165, 1.54) is 0 Å². The Morgan fingerprint density at radius 2 is 2.28 bits per heavy atom. The second-order valence-corrected chi connectivity index (χ2v) is 4.58. The Balaban J connectivity index is 2.08. The van der Waals surface area contributed by atoms with Gasteiger partial charge in [-0.2, -0.15) is 0 Å². The summed E-state index contributed by atoms with van der Waals surface area (Å²) < 4.78 is 1.82. The molecule has 94 valence electrons. The van der Waals surface area contributed by atoms with Crippen LogP contribution in [0.1, 0.15) is 11.4 Å². The fourth-order valence-corrected chi connectivity index (χ4v) is 1.81. The van der Waals surface area contributed by atoms with Gasteiger partial charge in [-0.3, -0.25) is 4.79 Å². The van der Waals surface area contributed by atoms with Gasteiger partial charge in [0.1, 0.15) is 5.82 Å². The lowest BCUT2D eigenvalue weighted by molar-refractivity contribution is -0.115. The van der Waals surface area contributed by atoms with Gasteiger partial charge in [0.05, 0.1) is 6.42 Å². The number of aromatic nitrogens is 2. The first-order valence-corrected chi connectivity index (χ1v) is 5.96. The molecule has 0 atom stereocenters. The molecule has 1 aromatic heterocycles. The Morgan fingerprint density at radius 1 is 1.50 bits per heavy atom. The van der Waals surface area contributed by atoms with E-state index in [0.29, 0.717) is 5.02 Å². The maximum absolute atomic E-state index is 11.9. The number of anilines is 1. The molecule has 1 aromatic carbocycles. The molecular weight excluding hydrogens is 250 g/mol. The number of carbonyl (C=O) groups is 1. The number of aryl methyl sites for hydroxylation is 2. The summed E-state index contributed by atoms with van der Waals surface area (Å²) in [5.41, 5.74) is 1.72. The number of hydrogen-bond acceptors (Lipinski definition) is 2. The summed E-state index contributed by atoms with van der Waals surface area (Å²) in [5, 5.41) is 3.44. The molecule has 0 unspecified atom stereocenters. The molecule has 2 rings (SSSR count). The van der Waals surface area contributed by atoms with Gasteiger partial charge in [0.15, 0.2) is 0 Å². The van der Waals surface area contributed by atoms with Crippen LogP contribution in [0.15, 0.2) is 30.6 Å². The van der Waals surface area contributed by atoms with Gasteiger partial charge in [0.25, 0.3) is 0 Å². The molecule has 18 heavy (non-hydrogen) atoms. The van der Waals surface area contributed by atoms with Crippen LogP contribution in [0.4, 0.5) is 5.69 Å². The monoisotopic (exact) mass is 263 g/mol. The Bertz CT molecular complexity index is 577. The molecule has 0 spiro atoms. The van der Waals surface area contributed by atoms with Gasteiger partial charge in [0.2, 0.25) is 5.91 Å². The number of nitrogens with one attached hydrogen (secondary N) is 1. The average molecular weight is 264 g/mol. The van der Waals surface area contributed by atoms with Gasteiger partial charge >= 0.3 is 0 Å². The van der Waals surface area contributed by atoms with Crippen LogP contribution in [-0.4, -0.2) is 15.5 Å². The summed E-state index contributed by atoms with van der Waals surface area (Å²) in [6, 6.07) is 5.41. The molecule has 0 radical (unpaired) electrons. The van der Waals surface area contributed by atoms with Crippen LogP contribution < -0.4 is 5.32 Å². The highest BCUT2D eigenvalue weighted by Gasteiger charge is 2.09. The molecule has 0 aliphatic heterocycles. The highest BCUT2D eigenvalue weighted by Crippen LogP contribution is 2.20. The Kier molecular flexibility index (Phi) is 3.67. The zero-order valence-electron chi connectivity index (χ0n) is 10.3. The van der Waals surface area contributed by atoms with E-state index in [1.54, 1.807) is 18.3 Å². The average Bonchev–Trinajstić information content (AvgIpc) is 2.70. The predicted molar refractivity (Wildman–Crippen MR) is 71.7 cm³/mol. The third-order valence-electron chi connectivity index (χ3n) is 2.71. The van der Waals surface area contributed by atoms with Crippen LogP contribution in [0, 0.1) is 6.92 Å². The molecule has 1 amide bonds. The van der Waals surface area contributed by atoms with E-state index >= 15 is 0 Å². The van der Waals surface area contributed by atoms with Crippen LogP contribution in [0.2, 0.25) is 5.02 Å². The summed E-state index contributed by atoms with van der Waals surface area (Å²) in [6.07, 6.45) is 3.73. The van der Waals surface area contributed by atoms with Crippen molar-refractivity contribution in [2.24, 2.45) is 7.05 Å². The quantitative estimate of drug-likeness (QED) is 0.925. The summed E-state index contributed by atoms with van der Waals surface area (Å²) in [4.78, 5) is 16.0. The first kappa shape index (κ1) is 12.6. The molecule has 0 fully saturated rings. The van der Waals surface area contributed by atoms with Crippen LogP contribution in [0.25, 0.3) is 0 Å². The molecule has 0 bridgehead atoms. The Morgan fingerprint density at radius 3 is 2.94 bits per heavy atom. The van der Waals surface area contributed by atoms with Gasteiger partial charge in [-0.25, -0.2) is 4.98 Å². The Labute approximate surface area is 111 Å². The highest BCUT2D eigenvalue weighted by atomic mass is 35.5. The summed E-state index contributed by atoms with van der Waals surface area (Å²) in [7, 11) is 1.86. The lowest BCUT2D eigenvalue weighted by atomic mass is 10.2. The van der Waals surface area contributed by atoms with E-state index in [4.69, 9.17) is 11.6 Å². The molecule has 0 saturated carbocycles. The number of rotatable bonds is 3. The van der Waals surface area contributed by atoms with E-state index in [0.717, 1.165) is 17.1 Å². The summed E-state index contributed by atoms with van der Waals surface area (Å²) in [6.45, 7) is 1.92. The molecule has 2 aromatic rings. The van der Waals surface area contributed by atoms with Crippen LogP contribution in [-0.2, 0) is 18.3 Å².